The number of aldehydes is 1. The van der Waals surface area contributed by atoms with Crippen molar-refractivity contribution in [3.63, 3.8) is 0 Å². The summed E-state index contributed by atoms with van der Waals surface area (Å²) < 4.78 is 0. The molecule has 3 heteroatoms. The second-order valence-electron chi connectivity index (χ2n) is 6.92. The van der Waals surface area contributed by atoms with E-state index in [1.807, 2.05) is 55.3 Å². The molecule has 1 saturated heterocycles. The van der Waals surface area contributed by atoms with Gasteiger partial charge in [-0.3, -0.25) is 4.84 Å². The van der Waals surface area contributed by atoms with Crippen LogP contribution >= 0.6 is 0 Å². The maximum Gasteiger partial charge on any atom is 0.130 e. The molecule has 2 aromatic rings. The first-order valence-electron chi connectivity index (χ1n) is 8.71. The number of carbonyl (C=O) groups is 1. The van der Waals surface area contributed by atoms with E-state index in [0.29, 0.717) is 6.61 Å². The monoisotopic (exact) mass is 335 g/mol. The molecule has 2 aromatic carbocycles. The SMILES string of the molecule is C/C=C(\C)[C@H]1N(C(c2ccccc2)c2ccccc2)OC[C@]1(C)C=O. The van der Waals surface area contributed by atoms with Crippen LogP contribution in [-0.4, -0.2) is 24.0 Å². The van der Waals surface area contributed by atoms with Crippen LogP contribution in [0.1, 0.15) is 37.9 Å². The molecular formula is C22H25NO2. The zero-order valence-corrected chi connectivity index (χ0v) is 15.1. The van der Waals surface area contributed by atoms with E-state index in [9.17, 15) is 4.79 Å². The lowest BCUT2D eigenvalue weighted by molar-refractivity contribution is -0.148. The summed E-state index contributed by atoms with van der Waals surface area (Å²) in [5.74, 6) is 0. The summed E-state index contributed by atoms with van der Waals surface area (Å²) in [6.07, 6.45) is 3.11. The van der Waals surface area contributed by atoms with Crippen molar-refractivity contribution in [1.82, 2.24) is 5.06 Å². The van der Waals surface area contributed by atoms with Crippen molar-refractivity contribution in [2.24, 2.45) is 5.41 Å². The van der Waals surface area contributed by atoms with Crippen LogP contribution in [0, 0.1) is 5.41 Å². The molecule has 0 aliphatic carbocycles. The minimum absolute atomic E-state index is 0.0657. The van der Waals surface area contributed by atoms with Crippen molar-refractivity contribution in [3.05, 3.63) is 83.4 Å². The molecule has 3 rings (SSSR count). The van der Waals surface area contributed by atoms with E-state index in [4.69, 9.17) is 4.84 Å². The number of allylic oxidation sites excluding steroid dienone is 1. The minimum atomic E-state index is -0.557. The summed E-state index contributed by atoms with van der Waals surface area (Å²) >= 11 is 0. The summed E-state index contributed by atoms with van der Waals surface area (Å²) in [6.45, 7) is 6.45. The Balaban J connectivity index is 2.11. The highest BCUT2D eigenvalue weighted by Crippen LogP contribution is 2.43. The number of carbonyl (C=O) groups excluding carboxylic acids is 1. The maximum atomic E-state index is 11.9. The van der Waals surface area contributed by atoms with Gasteiger partial charge in [0.05, 0.1) is 24.1 Å². The molecule has 25 heavy (non-hydrogen) atoms. The molecule has 0 saturated carbocycles. The summed E-state index contributed by atoms with van der Waals surface area (Å²) in [5, 5.41) is 2.01. The van der Waals surface area contributed by atoms with Crippen LogP contribution in [0.4, 0.5) is 0 Å². The summed E-state index contributed by atoms with van der Waals surface area (Å²) in [6, 6.07) is 20.5. The van der Waals surface area contributed by atoms with Crippen molar-refractivity contribution in [2.45, 2.75) is 32.9 Å². The first-order chi connectivity index (χ1) is 12.1. The molecule has 0 unspecified atom stereocenters. The summed E-state index contributed by atoms with van der Waals surface area (Å²) in [7, 11) is 0. The second kappa shape index (κ2) is 7.34. The summed E-state index contributed by atoms with van der Waals surface area (Å²) in [4.78, 5) is 18.0. The van der Waals surface area contributed by atoms with E-state index < -0.39 is 5.41 Å². The smallest absolute Gasteiger partial charge is 0.130 e. The van der Waals surface area contributed by atoms with Crippen LogP contribution in [0.5, 0.6) is 0 Å². The van der Waals surface area contributed by atoms with Crippen molar-refractivity contribution >= 4 is 6.29 Å². The Morgan fingerprint density at radius 3 is 2.08 bits per heavy atom. The van der Waals surface area contributed by atoms with Gasteiger partial charge in [0.15, 0.2) is 0 Å². The van der Waals surface area contributed by atoms with Gasteiger partial charge in [-0.1, -0.05) is 72.3 Å². The molecular weight excluding hydrogens is 310 g/mol. The zero-order chi connectivity index (χ0) is 17.9. The fourth-order valence-electron chi connectivity index (χ4n) is 3.62. The lowest BCUT2D eigenvalue weighted by Gasteiger charge is -2.35. The minimum Gasteiger partial charge on any atom is -0.303 e. The van der Waals surface area contributed by atoms with Crippen LogP contribution in [0.3, 0.4) is 0 Å². The van der Waals surface area contributed by atoms with Gasteiger partial charge in [0.1, 0.15) is 6.29 Å². The molecule has 1 aliphatic heterocycles. The Hall–Kier alpha value is -2.23. The number of nitrogens with zero attached hydrogens (tertiary/aromatic N) is 1. The second-order valence-corrected chi connectivity index (χ2v) is 6.92. The Kier molecular flexibility index (Phi) is 5.16. The molecule has 1 heterocycles. The molecule has 0 spiro atoms. The largest absolute Gasteiger partial charge is 0.303 e. The van der Waals surface area contributed by atoms with Gasteiger partial charge in [-0.2, -0.15) is 5.06 Å². The van der Waals surface area contributed by atoms with E-state index in [1.54, 1.807) is 0 Å². The van der Waals surface area contributed by atoms with E-state index in [-0.39, 0.29) is 12.1 Å². The Morgan fingerprint density at radius 2 is 1.64 bits per heavy atom. The van der Waals surface area contributed by atoms with Crippen molar-refractivity contribution in [3.8, 4) is 0 Å². The standard InChI is InChI=1S/C22H25NO2/c1-4-17(2)21-22(3,15-24)16-25-23(21)20(18-11-7-5-8-12-18)19-13-9-6-10-14-19/h4-15,20-21H,16H2,1-3H3/b17-4+/t21-,22+/m1/s1. The average Bonchev–Trinajstić information content (AvgIpc) is 3.01. The molecule has 0 bridgehead atoms. The molecule has 1 aliphatic rings. The van der Waals surface area contributed by atoms with Crippen molar-refractivity contribution in [2.75, 3.05) is 6.61 Å². The van der Waals surface area contributed by atoms with Crippen LogP contribution < -0.4 is 0 Å². The third kappa shape index (κ3) is 3.30. The van der Waals surface area contributed by atoms with Gasteiger partial charge in [0, 0.05) is 0 Å². The molecule has 0 radical (unpaired) electrons. The van der Waals surface area contributed by atoms with Crippen LogP contribution in [0.25, 0.3) is 0 Å². The van der Waals surface area contributed by atoms with E-state index in [2.05, 4.69) is 37.3 Å². The lowest BCUT2D eigenvalue weighted by atomic mass is 9.80. The van der Waals surface area contributed by atoms with Gasteiger partial charge in [0.25, 0.3) is 0 Å². The van der Waals surface area contributed by atoms with Crippen molar-refractivity contribution in [1.29, 1.82) is 0 Å². The van der Waals surface area contributed by atoms with Crippen molar-refractivity contribution < 1.29 is 9.63 Å². The van der Waals surface area contributed by atoms with Gasteiger partial charge < -0.3 is 4.79 Å². The molecule has 3 nitrogen and oxygen atoms in total. The fourth-order valence-corrected chi connectivity index (χ4v) is 3.62. The first-order valence-corrected chi connectivity index (χ1v) is 8.71. The number of benzene rings is 2. The van der Waals surface area contributed by atoms with Crippen LogP contribution in [0.2, 0.25) is 0 Å². The van der Waals surface area contributed by atoms with Crippen LogP contribution in [0.15, 0.2) is 72.3 Å². The third-order valence-electron chi connectivity index (χ3n) is 5.04. The Labute approximate surface area is 149 Å². The van der Waals surface area contributed by atoms with Gasteiger partial charge in [-0.15, -0.1) is 0 Å². The van der Waals surface area contributed by atoms with E-state index >= 15 is 0 Å². The van der Waals surface area contributed by atoms with Gasteiger partial charge in [-0.05, 0) is 31.9 Å². The van der Waals surface area contributed by atoms with Gasteiger partial charge >= 0.3 is 0 Å². The Morgan fingerprint density at radius 1 is 1.12 bits per heavy atom. The number of hydrogen-bond donors (Lipinski definition) is 0. The first kappa shape index (κ1) is 17.6. The number of hydrogen-bond acceptors (Lipinski definition) is 3. The van der Waals surface area contributed by atoms with Crippen LogP contribution in [-0.2, 0) is 9.63 Å². The highest BCUT2D eigenvalue weighted by Gasteiger charge is 2.49. The topological polar surface area (TPSA) is 29.5 Å². The molecule has 0 aromatic heterocycles. The quantitative estimate of drug-likeness (QED) is 0.592. The van der Waals surface area contributed by atoms with Gasteiger partial charge in [-0.25, -0.2) is 0 Å². The lowest BCUT2D eigenvalue weighted by Crippen LogP contribution is -2.42. The van der Waals surface area contributed by atoms with E-state index in [0.717, 1.165) is 23.0 Å². The van der Waals surface area contributed by atoms with Gasteiger partial charge in [0.2, 0.25) is 0 Å². The normalized spacial score (nSPS) is 24.6. The molecule has 130 valence electrons. The third-order valence-corrected chi connectivity index (χ3v) is 5.04. The average molecular weight is 335 g/mol. The molecule has 0 amide bonds. The molecule has 0 N–H and O–H groups in total. The zero-order valence-electron chi connectivity index (χ0n) is 15.1. The predicted molar refractivity (Wildman–Crippen MR) is 99.9 cm³/mol. The maximum absolute atomic E-state index is 11.9. The number of rotatable bonds is 5. The molecule has 2 atom stereocenters. The predicted octanol–water partition coefficient (Wildman–Crippen LogP) is 4.56. The van der Waals surface area contributed by atoms with E-state index in [1.165, 1.54) is 0 Å². The highest BCUT2D eigenvalue weighted by molar-refractivity contribution is 5.62. The molecule has 1 fully saturated rings. The fraction of sp³-hybridized carbons (Fsp3) is 0.318. The Bertz CT molecular complexity index is 702. The number of hydroxylamine groups is 2. The summed E-state index contributed by atoms with van der Waals surface area (Å²) in [5.41, 5.74) is 2.89. The highest BCUT2D eigenvalue weighted by atomic mass is 16.7.